The average Bonchev–Trinajstić information content (AvgIpc) is 2.22. The highest BCUT2D eigenvalue weighted by atomic mass is 35.5. The van der Waals surface area contributed by atoms with Crippen molar-refractivity contribution >= 4 is 17.4 Å². The fraction of sp³-hybridized carbons (Fsp3) is 0.462. The molecule has 0 saturated heterocycles. The van der Waals surface area contributed by atoms with Crippen molar-refractivity contribution in [2.45, 2.75) is 27.2 Å². The second-order valence-electron chi connectivity index (χ2n) is 3.91. The molecule has 88 valence electrons. The van der Waals surface area contributed by atoms with Gasteiger partial charge in [0.1, 0.15) is 11.5 Å². The zero-order valence-electron chi connectivity index (χ0n) is 9.92. The van der Waals surface area contributed by atoms with Crippen LogP contribution in [0.1, 0.15) is 26.3 Å². The highest BCUT2D eigenvalue weighted by Crippen LogP contribution is 2.26. The van der Waals surface area contributed by atoms with E-state index in [0.717, 1.165) is 12.0 Å². The number of halogens is 1. The molecule has 2 nitrogen and oxygen atoms in total. The Morgan fingerprint density at radius 3 is 2.69 bits per heavy atom. The minimum atomic E-state index is 0.0361. The molecular formula is C13H17ClO2. The van der Waals surface area contributed by atoms with Crippen LogP contribution in [-0.4, -0.2) is 12.4 Å². The normalized spacial score (nSPS) is 12.2. The van der Waals surface area contributed by atoms with E-state index in [1.807, 2.05) is 32.0 Å². The molecule has 0 heterocycles. The Morgan fingerprint density at radius 2 is 2.19 bits per heavy atom. The molecule has 0 aliphatic heterocycles. The highest BCUT2D eigenvalue weighted by molar-refractivity contribution is 6.32. The van der Waals surface area contributed by atoms with Crippen molar-refractivity contribution in [2.24, 2.45) is 5.92 Å². The molecule has 0 aliphatic rings. The molecule has 1 aromatic carbocycles. The van der Waals surface area contributed by atoms with Crippen molar-refractivity contribution in [3.8, 4) is 5.75 Å². The summed E-state index contributed by atoms with van der Waals surface area (Å²) in [4.78, 5) is 11.1. The lowest BCUT2D eigenvalue weighted by atomic mass is 9.98. The number of ketones is 1. The van der Waals surface area contributed by atoms with E-state index in [-0.39, 0.29) is 11.7 Å². The molecule has 1 rings (SSSR count). The van der Waals surface area contributed by atoms with Crippen LogP contribution in [0.2, 0.25) is 5.02 Å². The van der Waals surface area contributed by atoms with E-state index < -0.39 is 0 Å². The summed E-state index contributed by atoms with van der Waals surface area (Å²) in [5.74, 6) is 0.933. The number of Topliss-reactive ketones (excluding diaryl/α,β-unsaturated/α-hetero) is 1. The van der Waals surface area contributed by atoms with Crippen LogP contribution in [0, 0.1) is 5.92 Å². The van der Waals surface area contributed by atoms with Crippen LogP contribution in [0.15, 0.2) is 18.2 Å². The largest absolute Gasteiger partial charge is 0.492 e. The predicted molar refractivity (Wildman–Crippen MR) is 66.2 cm³/mol. The molecule has 0 saturated carbocycles. The van der Waals surface area contributed by atoms with Gasteiger partial charge in [-0.15, -0.1) is 0 Å². The van der Waals surface area contributed by atoms with Crippen LogP contribution >= 0.6 is 11.6 Å². The standard InChI is InChI=1S/C13H17ClO2/c1-4-16-13-6-5-11(8-12(13)14)7-9(2)10(3)15/h5-6,8-9H,4,7H2,1-3H3. The third-order valence-electron chi connectivity index (χ3n) is 2.53. The molecule has 3 heteroatoms. The first-order chi connectivity index (χ1) is 7.54. The van der Waals surface area contributed by atoms with Gasteiger partial charge in [-0.25, -0.2) is 0 Å². The van der Waals surface area contributed by atoms with Gasteiger partial charge in [-0.2, -0.15) is 0 Å². The zero-order valence-corrected chi connectivity index (χ0v) is 10.7. The van der Waals surface area contributed by atoms with Gasteiger partial charge in [0.25, 0.3) is 0 Å². The number of hydrogen-bond acceptors (Lipinski definition) is 2. The Bertz CT molecular complexity index is 374. The van der Waals surface area contributed by atoms with E-state index in [1.54, 1.807) is 6.92 Å². The molecule has 0 bridgehead atoms. The maximum Gasteiger partial charge on any atom is 0.137 e. The van der Waals surface area contributed by atoms with Gasteiger partial charge in [0.15, 0.2) is 0 Å². The van der Waals surface area contributed by atoms with Crippen LogP contribution in [-0.2, 0) is 11.2 Å². The first kappa shape index (κ1) is 13.0. The Balaban J connectivity index is 2.77. The van der Waals surface area contributed by atoms with Crippen molar-refractivity contribution in [3.05, 3.63) is 28.8 Å². The summed E-state index contributed by atoms with van der Waals surface area (Å²) >= 11 is 6.06. The number of ether oxygens (including phenoxy) is 1. The monoisotopic (exact) mass is 240 g/mol. The maximum atomic E-state index is 11.1. The predicted octanol–water partition coefficient (Wildman–Crippen LogP) is 3.51. The molecule has 0 aliphatic carbocycles. The average molecular weight is 241 g/mol. The summed E-state index contributed by atoms with van der Waals surface area (Å²) < 4.78 is 5.35. The maximum absolute atomic E-state index is 11.1. The van der Waals surface area contributed by atoms with Gasteiger partial charge in [-0.3, -0.25) is 4.79 Å². The fourth-order valence-corrected chi connectivity index (χ4v) is 1.70. The van der Waals surface area contributed by atoms with Gasteiger partial charge < -0.3 is 4.74 Å². The Kier molecular flexibility index (Phi) is 4.81. The van der Waals surface area contributed by atoms with Crippen LogP contribution in [0.25, 0.3) is 0 Å². The van der Waals surface area contributed by atoms with E-state index in [9.17, 15) is 4.79 Å². The zero-order chi connectivity index (χ0) is 12.1. The summed E-state index contributed by atoms with van der Waals surface area (Å²) in [6.07, 6.45) is 0.724. The smallest absolute Gasteiger partial charge is 0.137 e. The van der Waals surface area contributed by atoms with Crippen molar-refractivity contribution in [3.63, 3.8) is 0 Å². The fourth-order valence-electron chi connectivity index (χ4n) is 1.44. The van der Waals surface area contributed by atoms with Gasteiger partial charge >= 0.3 is 0 Å². The minimum Gasteiger partial charge on any atom is -0.492 e. The molecule has 0 fully saturated rings. The molecule has 1 unspecified atom stereocenters. The summed E-state index contributed by atoms with van der Waals surface area (Å²) in [6, 6.07) is 5.68. The molecule has 0 N–H and O–H groups in total. The minimum absolute atomic E-state index is 0.0361. The van der Waals surface area contributed by atoms with Crippen molar-refractivity contribution in [2.75, 3.05) is 6.61 Å². The Hall–Kier alpha value is -1.02. The second kappa shape index (κ2) is 5.90. The highest BCUT2D eigenvalue weighted by Gasteiger charge is 2.10. The van der Waals surface area contributed by atoms with Crippen LogP contribution in [0.5, 0.6) is 5.75 Å². The third-order valence-corrected chi connectivity index (χ3v) is 2.83. The quantitative estimate of drug-likeness (QED) is 0.787. The molecule has 16 heavy (non-hydrogen) atoms. The number of rotatable bonds is 5. The van der Waals surface area contributed by atoms with Crippen LogP contribution in [0.4, 0.5) is 0 Å². The van der Waals surface area contributed by atoms with Crippen LogP contribution < -0.4 is 4.74 Å². The summed E-state index contributed by atoms with van der Waals surface area (Å²) in [6.45, 7) is 6.05. The van der Waals surface area contributed by atoms with Gasteiger partial charge in [0.2, 0.25) is 0 Å². The van der Waals surface area contributed by atoms with Gasteiger partial charge in [0.05, 0.1) is 11.6 Å². The summed E-state index contributed by atoms with van der Waals surface area (Å²) in [5, 5.41) is 0.607. The van der Waals surface area contributed by atoms with Crippen LogP contribution in [0.3, 0.4) is 0 Å². The van der Waals surface area contributed by atoms with E-state index in [4.69, 9.17) is 16.3 Å². The van der Waals surface area contributed by atoms with Gasteiger partial charge in [-0.05, 0) is 38.0 Å². The second-order valence-corrected chi connectivity index (χ2v) is 4.32. The Morgan fingerprint density at radius 1 is 1.50 bits per heavy atom. The third kappa shape index (κ3) is 3.53. The van der Waals surface area contributed by atoms with Crippen molar-refractivity contribution in [1.82, 2.24) is 0 Å². The van der Waals surface area contributed by atoms with E-state index in [0.29, 0.717) is 17.4 Å². The van der Waals surface area contributed by atoms with E-state index in [2.05, 4.69) is 0 Å². The molecule has 0 aromatic heterocycles. The lowest BCUT2D eigenvalue weighted by molar-refractivity contribution is -0.120. The summed E-state index contributed by atoms with van der Waals surface area (Å²) in [5.41, 5.74) is 1.07. The van der Waals surface area contributed by atoms with Gasteiger partial charge in [0, 0.05) is 5.92 Å². The molecular weight excluding hydrogens is 224 g/mol. The summed E-state index contributed by atoms with van der Waals surface area (Å²) in [7, 11) is 0. The van der Waals surface area contributed by atoms with Crippen molar-refractivity contribution in [1.29, 1.82) is 0 Å². The first-order valence-electron chi connectivity index (χ1n) is 5.46. The number of carbonyl (C=O) groups excluding carboxylic acids is 1. The van der Waals surface area contributed by atoms with Crippen molar-refractivity contribution < 1.29 is 9.53 Å². The lowest BCUT2D eigenvalue weighted by Crippen LogP contribution is -2.09. The number of benzene rings is 1. The molecule has 0 spiro atoms. The SMILES string of the molecule is CCOc1ccc(CC(C)C(C)=O)cc1Cl. The lowest BCUT2D eigenvalue weighted by Gasteiger charge is -2.10. The topological polar surface area (TPSA) is 26.3 Å². The number of hydrogen-bond donors (Lipinski definition) is 0. The molecule has 0 amide bonds. The first-order valence-corrected chi connectivity index (χ1v) is 5.84. The van der Waals surface area contributed by atoms with Gasteiger partial charge in [-0.1, -0.05) is 24.6 Å². The number of carbonyl (C=O) groups is 1. The van der Waals surface area contributed by atoms with E-state index >= 15 is 0 Å². The molecule has 1 atom stereocenters. The van der Waals surface area contributed by atoms with E-state index in [1.165, 1.54) is 0 Å². The molecule has 0 radical (unpaired) electrons. The Labute approximate surface area is 102 Å². The molecule has 1 aromatic rings.